The second kappa shape index (κ2) is 12.9. The Bertz CT molecular complexity index is 516. The van der Waals surface area contributed by atoms with Crippen LogP contribution in [0.3, 0.4) is 0 Å². The van der Waals surface area contributed by atoms with Crippen LogP contribution in [0.5, 0.6) is 0 Å². The van der Waals surface area contributed by atoms with Crippen molar-refractivity contribution in [2.24, 2.45) is 5.92 Å². The zero-order valence-electron chi connectivity index (χ0n) is 14.7. The van der Waals surface area contributed by atoms with Gasteiger partial charge in [0.15, 0.2) is 0 Å². The summed E-state index contributed by atoms with van der Waals surface area (Å²) < 4.78 is 37.8. The predicted molar refractivity (Wildman–Crippen MR) is 83.0 cm³/mol. The number of carboxylic acids is 1. The molecule has 0 bridgehead atoms. The Hall–Kier alpha value is -0.410. The second-order valence-electron chi connectivity index (χ2n) is 5.33. The fourth-order valence-corrected chi connectivity index (χ4v) is 3.50. The van der Waals surface area contributed by atoms with Gasteiger partial charge in [-0.2, -0.15) is 8.42 Å². The van der Waals surface area contributed by atoms with E-state index in [2.05, 4.69) is 0 Å². The molecular weight excluding hydrogens is 347 g/mol. The first-order chi connectivity index (χ1) is 10.7. The van der Waals surface area contributed by atoms with Crippen molar-refractivity contribution in [1.82, 2.24) is 0 Å². The van der Waals surface area contributed by atoms with Crippen molar-refractivity contribution < 1.29 is 62.0 Å². The molecule has 0 aromatic rings. The van der Waals surface area contributed by atoms with Gasteiger partial charge in [-0.3, -0.25) is 4.55 Å². The Morgan fingerprint density at radius 1 is 1.17 bits per heavy atom. The SMILES string of the molecule is CCCCC(CC)C(OC(=O)/C=C\C(=O)[O-])C(CC)S(=O)(=O)O.[Na+]. The number of ether oxygens (including phenoxy) is 1. The average Bonchev–Trinajstić information content (AvgIpc) is 2.44. The summed E-state index contributed by atoms with van der Waals surface area (Å²) in [5.74, 6) is -2.78. The summed E-state index contributed by atoms with van der Waals surface area (Å²) in [4.78, 5) is 22.1. The molecule has 9 heteroatoms. The van der Waals surface area contributed by atoms with Crippen molar-refractivity contribution in [2.75, 3.05) is 0 Å². The van der Waals surface area contributed by atoms with Crippen LogP contribution in [0.25, 0.3) is 0 Å². The van der Waals surface area contributed by atoms with E-state index in [4.69, 9.17) is 4.74 Å². The first-order valence-corrected chi connectivity index (χ1v) is 9.23. The van der Waals surface area contributed by atoms with Crippen LogP contribution < -0.4 is 34.7 Å². The Balaban J connectivity index is 0. The summed E-state index contributed by atoms with van der Waals surface area (Å²) in [6.07, 6.45) is 3.14. The first kappa shape index (κ1) is 25.8. The van der Waals surface area contributed by atoms with Crippen LogP contribution in [-0.2, 0) is 24.4 Å². The van der Waals surface area contributed by atoms with Crippen LogP contribution in [0.15, 0.2) is 12.2 Å². The number of rotatable bonds is 11. The molecule has 0 rings (SSSR count). The molecular formula is C15H25NaO7S. The monoisotopic (exact) mass is 372 g/mol. The smallest absolute Gasteiger partial charge is 0.545 e. The Kier molecular flexibility index (Phi) is 13.9. The maximum atomic E-state index is 11.7. The van der Waals surface area contributed by atoms with E-state index in [-0.39, 0.29) is 41.9 Å². The second-order valence-corrected chi connectivity index (χ2v) is 6.96. The Labute approximate surface area is 165 Å². The fraction of sp³-hybridized carbons (Fsp3) is 0.733. The van der Waals surface area contributed by atoms with Crippen LogP contribution >= 0.6 is 0 Å². The van der Waals surface area contributed by atoms with Gasteiger partial charge in [-0.15, -0.1) is 0 Å². The third-order valence-corrected chi connectivity index (χ3v) is 5.04. The minimum Gasteiger partial charge on any atom is -0.545 e. The minimum atomic E-state index is -4.40. The van der Waals surface area contributed by atoms with Gasteiger partial charge in [-0.1, -0.05) is 33.6 Å². The Morgan fingerprint density at radius 3 is 2.12 bits per heavy atom. The molecule has 0 amide bonds. The maximum Gasteiger partial charge on any atom is 1.00 e. The van der Waals surface area contributed by atoms with E-state index >= 15 is 0 Å². The molecule has 0 aliphatic carbocycles. The molecule has 0 saturated heterocycles. The predicted octanol–water partition coefficient (Wildman–Crippen LogP) is -1.91. The van der Waals surface area contributed by atoms with E-state index in [1.807, 2.05) is 13.8 Å². The first-order valence-electron chi connectivity index (χ1n) is 7.73. The van der Waals surface area contributed by atoms with Crippen molar-refractivity contribution in [1.29, 1.82) is 0 Å². The largest absolute Gasteiger partial charge is 1.00 e. The van der Waals surface area contributed by atoms with Crippen molar-refractivity contribution in [3.63, 3.8) is 0 Å². The number of carboxylic acid groups (broad SMARTS) is 1. The van der Waals surface area contributed by atoms with E-state index in [1.165, 1.54) is 0 Å². The number of unbranched alkanes of at least 4 members (excludes halogenated alkanes) is 1. The summed E-state index contributed by atoms with van der Waals surface area (Å²) >= 11 is 0. The molecule has 0 aliphatic heterocycles. The van der Waals surface area contributed by atoms with E-state index in [1.54, 1.807) is 6.92 Å². The summed E-state index contributed by atoms with van der Waals surface area (Å²) in [7, 11) is -4.40. The van der Waals surface area contributed by atoms with Crippen molar-refractivity contribution in [3.05, 3.63) is 12.2 Å². The van der Waals surface area contributed by atoms with Crippen LogP contribution in [0.2, 0.25) is 0 Å². The normalized spacial score (nSPS) is 15.3. The molecule has 0 radical (unpaired) electrons. The van der Waals surface area contributed by atoms with Gasteiger partial charge in [-0.25, -0.2) is 4.79 Å². The van der Waals surface area contributed by atoms with E-state index in [0.717, 1.165) is 12.8 Å². The van der Waals surface area contributed by atoms with Crippen LogP contribution in [0.1, 0.15) is 52.9 Å². The zero-order valence-corrected chi connectivity index (χ0v) is 17.5. The number of hydrogen-bond acceptors (Lipinski definition) is 6. The van der Waals surface area contributed by atoms with Crippen LogP contribution in [0.4, 0.5) is 0 Å². The van der Waals surface area contributed by atoms with Gasteiger partial charge in [0.05, 0.1) is 5.97 Å². The summed E-state index contributed by atoms with van der Waals surface area (Å²) in [6.45, 7) is 5.40. The molecule has 7 nitrogen and oxygen atoms in total. The van der Waals surface area contributed by atoms with Gasteiger partial charge in [0, 0.05) is 6.08 Å². The van der Waals surface area contributed by atoms with Gasteiger partial charge in [0.1, 0.15) is 11.4 Å². The number of aliphatic carboxylic acids is 1. The molecule has 0 saturated carbocycles. The molecule has 0 fully saturated rings. The van der Waals surface area contributed by atoms with Gasteiger partial charge < -0.3 is 14.6 Å². The Morgan fingerprint density at radius 2 is 1.75 bits per heavy atom. The molecule has 0 aromatic carbocycles. The molecule has 0 heterocycles. The summed E-state index contributed by atoms with van der Waals surface area (Å²) in [5, 5.41) is 9.08. The van der Waals surface area contributed by atoms with E-state index in [0.29, 0.717) is 25.0 Å². The molecule has 0 aromatic heterocycles. The van der Waals surface area contributed by atoms with Gasteiger partial charge in [0.2, 0.25) is 0 Å². The third-order valence-electron chi connectivity index (χ3n) is 3.68. The molecule has 1 N–H and O–H groups in total. The quantitative estimate of drug-likeness (QED) is 0.194. The third kappa shape index (κ3) is 9.78. The number of hydrogen-bond donors (Lipinski definition) is 1. The molecule has 0 spiro atoms. The summed E-state index contributed by atoms with van der Waals surface area (Å²) in [5.41, 5.74) is 0. The summed E-state index contributed by atoms with van der Waals surface area (Å²) in [6, 6.07) is 0. The standard InChI is InChI=1S/C15H26O7S.Na/c1-4-7-8-11(5-2)15(12(6-3)23(19,20)21)22-14(18)10-9-13(16)17;/h9-12,15H,4-8H2,1-3H3,(H,16,17)(H,19,20,21);/q;+1/p-1/b10-9-;. The topological polar surface area (TPSA) is 121 Å². The van der Waals surface area contributed by atoms with Gasteiger partial charge >= 0.3 is 35.5 Å². The zero-order chi connectivity index (χ0) is 18.0. The molecule has 24 heavy (non-hydrogen) atoms. The molecule has 3 unspecified atom stereocenters. The molecule has 134 valence electrons. The van der Waals surface area contributed by atoms with Crippen LogP contribution in [-0.4, -0.2) is 36.3 Å². The number of esters is 1. The van der Waals surface area contributed by atoms with Crippen molar-refractivity contribution in [3.8, 4) is 0 Å². The minimum absolute atomic E-state index is 0. The average molecular weight is 372 g/mol. The maximum absolute atomic E-state index is 11.7. The fourth-order valence-electron chi connectivity index (χ4n) is 2.46. The van der Waals surface area contributed by atoms with Crippen LogP contribution in [0, 0.1) is 5.92 Å². The van der Waals surface area contributed by atoms with Crippen molar-refractivity contribution >= 4 is 22.1 Å². The number of carbonyl (C=O) groups excluding carboxylic acids is 2. The van der Waals surface area contributed by atoms with E-state index < -0.39 is 33.4 Å². The van der Waals surface area contributed by atoms with Gasteiger partial charge in [0.25, 0.3) is 10.1 Å². The van der Waals surface area contributed by atoms with Crippen molar-refractivity contribution in [2.45, 2.75) is 64.2 Å². The van der Waals surface area contributed by atoms with E-state index in [9.17, 15) is 27.7 Å². The number of carbonyl (C=O) groups is 2. The molecule has 0 aliphatic rings. The van der Waals surface area contributed by atoms with Gasteiger partial charge in [-0.05, 0) is 31.3 Å². The molecule has 3 atom stereocenters.